The summed E-state index contributed by atoms with van der Waals surface area (Å²) in [5, 5.41) is 0. The maximum Gasteiger partial charge on any atom is 0.200 e. The summed E-state index contributed by atoms with van der Waals surface area (Å²) in [6.45, 7) is 22.4. The molecule has 0 aliphatic carbocycles. The number of para-hydroxylation sites is 1. The third kappa shape index (κ3) is 7.67. The number of nitrogens with zero attached hydrogens (tertiary/aromatic N) is 2. The summed E-state index contributed by atoms with van der Waals surface area (Å²) in [7, 11) is 1.95. The molecular formula is C34H44FN3. The van der Waals surface area contributed by atoms with E-state index in [4.69, 9.17) is 5.73 Å². The molecule has 0 spiro atoms. The van der Waals surface area contributed by atoms with E-state index in [0.29, 0.717) is 11.9 Å². The summed E-state index contributed by atoms with van der Waals surface area (Å²) in [4.78, 5) is 4.54. The molecule has 4 aromatic rings. The number of allylic oxidation sites excluding steroid dienone is 2. The zero-order chi connectivity index (χ0) is 28.6. The van der Waals surface area contributed by atoms with Crippen LogP contribution >= 0.6 is 0 Å². The topological polar surface area (TPSA) is 43.8 Å². The van der Waals surface area contributed by atoms with E-state index < -0.39 is 0 Å². The number of hydrogen-bond donors (Lipinski definition) is 1. The van der Waals surface area contributed by atoms with Crippen molar-refractivity contribution < 1.29 is 4.39 Å². The first-order valence-corrected chi connectivity index (χ1v) is 13.3. The number of nitrogens with two attached hydrogens (primary N) is 1. The van der Waals surface area contributed by atoms with Crippen LogP contribution < -0.4 is 5.73 Å². The van der Waals surface area contributed by atoms with E-state index in [9.17, 15) is 4.39 Å². The van der Waals surface area contributed by atoms with E-state index in [1.165, 1.54) is 33.9 Å². The predicted molar refractivity (Wildman–Crippen MR) is 164 cm³/mol. The second-order valence-electron chi connectivity index (χ2n) is 9.98. The Morgan fingerprint density at radius 2 is 1.61 bits per heavy atom. The van der Waals surface area contributed by atoms with Crippen molar-refractivity contribution >= 4 is 22.6 Å². The summed E-state index contributed by atoms with van der Waals surface area (Å²) < 4.78 is 14.8. The van der Waals surface area contributed by atoms with Crippen LogP contribution in [0.5, 0.6) is 0 Å². The van der Waals surface area contributed by atoms with Gasteiger partial charge in [-0.1, -0.05) is 74.9 Å². The van der Waals surface area contributed by atoms with Crippen LogP contribution in [0.15, 0.2) is 73.3 Å². The molecule has 0 fully saturated rings. The Hall–Kier alpha value is -3.66. The number of anilines is 1. The van der Waals surface area contributed by atoms with Gasteiger partial charge in [-0.2, -0.15) is 0 Å². The molecule has 1 unspecified atom stereocenters. The minimum Gasteiger partial charge on any atom is -0.369 e. The third-order valence-corrected chi connectivity index (χ3v) is 6.66. The summed E-state index contributed by atoms with van der Waals surface area (Å²) in [6.07, 6.45) is 1.78. The highest BCUT2D eigenvalue weighted by Crippen LogP contribution is 2.27. The van der Waals surface area contributed by atoms with E-state index in [2.05, 4.69) is 69.2 Å². The molecule has 0 saturated heterocycles. The standard InChI is InChI=1S/C20H23N3.C12H15F.C2H6/c1-12(2)16-9-13(3)17(14(4)10-16)11-15-7-6-8-18-19(15)22-20(21)23(18)5;1-9(2)7-10(3)11-5-4-6-12(13)8-11;1-2/h6-10H,1,11H2,2-5H3,(H2,21,22);4-6,8,10H,1,7H2,2-3H3;1-2H3. The van der Waals surface area contributed by atoms with Crippen LogP contribution in [0, 0.1) is 19.7 Å². The summed E-state index contributed by atoms with van der Waals surface area (Å²) in [5.74, 6) is 0.748. The van der Waals surface area contributed by atoms with Gasteiger partial charge in [-0.05, 0) is 91.6 Å². The Kier molecular flexibility index (Phi) is 11.1. The molecular weight excluding hydrogens is 469 g/mol. The zero-order valence-corrected chi connectivity index (χ0v) is 24.5. The van der Waals surface area contributed by atoms with Crippen LogP contribution in [0.4, 0.5) is 10.3 Å². The van der Waals surface area contributed by atoms with Gasteiger partial charge in [-0.3, -0.25) is 0 Å². The van der Waals surface area contributed by atoms with Crippen LogP contribution in [-0.2, 0) is 13.5 Å². The molecule has 1 heterocycles. The largest absolute Gasteiger partial charge is 0.369 e. The van der Waals surface area contributed by atoms with E-state index in [-0.39, 0.29) is 5.82 Å². The summed E-state index contributed by atoms with van der Waals surface area (Å²) >= 11 is 0. The zero-order valence-electron chi connectivity index (χ0n) is 24.5. The lowest BCUT2D eigenvalue weighted by molar-refractivity contribution is 0.620. The van der Waals surface area contributed by atoms with Gasteiger partial charge in [0.15, 0.2) is 0 Å². The van der Waals surface area contributed by atoms with Crippen molar-refractivity contribution in [2.75, 3.05) is 5.73 Å². The first-order valence-electron chi connectivity index (χ1n) is 13.3. The second kappa shape index (κ2) is 13.8. The van der Waals surface area contributed by atoms with Gasteiger partial charge in [0.05, 0.1) is 11.0 Å². The summed E-state index contributed by atoms with van der Waals surface area (Å²) in [6, 6.07) is 17.5. The minimum absolute atomic E-state index is 0.161. The lowest BCUT2D eigenvalue weighted by atomic mass is 9.92. The number of nitrogen functional groups attached to an aromatic ring is 1. The van der Waals surface area contributed by atoms with Crippen LogP contribution in [0.3, 0.4) is 0 Å². The lowest BCUT2D eigenvalue weighted by Gasteiger charge is -2.13. The fraction of sp³-hybridized carbons (Fsp3) is 0.324. The third-order valence-electron chi connectivity index (χ3n) is 6.66. The van der Waals surface area contributed by atoms with Gasteiger partial charge in [0.25, 0.3) is 0 Å². The molecule has 0 bridgehead atoms. The number of rotatable bonds is 6. The van der Waals surface area contributed by atoms with Gasteiger partial charge in [0, 0.05) is 13.5 Å². The highest BCUT2D eigenvalue weighted by Gasteiger charge is 2.12. The smallest absolute Gasteiger partial charge is 0.200 e. The van der Waals surface area contributed by atoms with Crippen LogP contribution in [-0.4, -0.2) is 9.55 Å². The number of benzene rings is 3. The van der Waals surface area contributed by atoms with Crippen LogP contribution in [0.25, 0.3) is 16.6 Å². The first-order chi connectivity index (χ1) is 18.0. The molecule has 2 N–H and O–H groups in total. The number of imidazole rings is 1. The number of hydrogen-bond acceptors (Lipinski definition) is 2. The van der Waals surface area contributed by atoms with Crippen LogP contribution in [0.2, 0.25) is 0 Å². The molecule has 0 aliphatic rings. The Bertz CT molecular complexity index is 1390. The average molecular weight is 514 g/mol. The van der Waals surface area contributed by atoms with Crippen molar-refractivity contribution in [3.05, 3.63) is 113 Å². The van der Waals surface area contributed by atoms with Gasteiger partial charge in [0.1, 0.15) is 5.82 Å². The Balaban J connectivity index is 0.000000288. The molecule has 0 saturated carbocycles. The molecule has 0 aliphatic heterocycles. The highest BCUT2D eigenvalue weighted by atomic mass is 19.1. The molecule has 4 heteroatoms. The van der Waals surface area contributed by atoms with Crippen LogP contribution in [0.1, 0.15) is 80.3 Å². The Labute approximate surface area is 228 Å². The van der Waals surface area contributed by atoms with E-state index in [0.717, 1.165) is 40.6 Å². The van der Waals surface area contributed by atoms with Gasteiger partial charge in [-0.25, -0.2) is 9.37 Å². The van der Waals surface area contributed by atoms with Crippen molar-refractivity contribution in [2.24, 2.45) is 7.05 Å². The van der Waals surface area contributed by atoms with E-state index in [1.807, 2.05) is 45.4 Å². The average Bonchev–Trinajstić information content (AvgIpc) is 3.16. The van der Waals surface area contributed by atoms with Gasteiger partial charge < -0.3 is 10.3 Å². The first kappa shape index (κ1) is 30.6. The number of halogens is 1. The van der Waals surface area contributed by atoms with E-state index >= 15 is 0 Å². The minimum atomic E-state index is -0.161. The molecule has 1 aromatic heterocycles. The molecule has 202 valence electrons. The predicted octanol–water partition coefficient (Wildman–Crippen LogP) is 9.32. The molecule has 4 rings (SSSR count). The maximum absolute atomic E-state index is 12.8. The van der Waals surface area contributed by atoms with Gasteiger partial charge in [-0.15, -0.1) is 6.58 Å². The fourth-order valence-electron chi connectivity index (χ4n) is 4.60. The van der Waals surface area contributed by atoms with Crippen molar-refractivity contribution in [2.45, 2.75) is 67.2 Å². The Morgan fingerprint density at radius 3 is 2.16 bits per heavy atom. The number of aromatic nitrogens is 2. The van der Waals surface area contributed by atoms with Crippen molar-refractivity contribution in [1.29, 1.82) is 0 Å². The quantitative estimate of drug-likeness (QED) is 0.261. The number of fused-ring (bicyclic) bond motifs is 1. The van der Waals surface area contributed by atoms with Crippen molar-refractivity contribution in [3.8, 4) is 0 Å². The molecule has 3 nitrogen and oxygen atoms in total. The molecule has 0 radical (unpaired) electrons. The van der Waals surface area contributed by atoms with Gasteiger partial charge >= 0.3 is 0 Å². The fourth-order valence-corrected chi connectivity index (χ4v) is 4.60. The molecule has 0 amide bonds. The van der Waals surface area contributed by atoms with Crippen molar-refractivity contribution in [3.63, 3.8) is 0 Å². The molecule has 1 atom stereocenters. The van der Waals surface area contributed by atoms with Gasteiger partial charge in [0.2, 0.25) is 5.95 Å². The lowest BCUT2D eigenvalue weighted by Crippen LogP contribution is -1.98. The maximum atomic E-state index is 12.8. The Morgan fingerprint density at radius 1 is 1.00 bits per heavy atom. The monoisotopic (exact) mass is 513 g/mol. The SMILES string of the molecule is C=C(C)CC(C)c1cccc(F)c1.C=C(C)c1cc(C)c(Cc2cccc3c2nc(N)n3C)c(C)c1.CC. The van der Waals surface area contributed by atoms with E-state index in [1.54, 1.807) is 12.1 Å². The molecule has 3 aromatic carbocycles. The number of aryl methyl sites for hydroxylation is 3. The molecule has 38 heavy (non-hydrogen) atoms. The normalized spacial score (nSPS) is 11.2. The van der Waals surface area contributed by atoms with Crippen molar-refractivity contribution in [1.82, 2.24) is 9.55 Å². The summed E-state index contributed by atoms with van der Waals surface area (Å²) in [5.41, 5.74) is 17.7. The second-order valence-corrected chi connectivity index (χ2v) is 9.98. The highest BCUT2D eigenvalue weighted by molar-refractivity contribution is 5.82.